The fraction of sp³-hybridized carbons (Fsp3) is 0.409. The van der Waals surface area contributed by atoms with Crippen LogP contribution in [-0.2, 0) is 21.4 Å². The molecule has 0 bridgehead atoms. The van der Waals surface area contributed by atoms with Crippen LogP contribution in [0.15, 0.2) is 41.3 Å². The average molecular weight is 497 g/mol. The number of hydrogen-bond donors (Lipinski definition) is 2. The Bertz CT molecular complexity index is 1080. The molecule has 1 atom stereocenters. The molecule has 2 aromatic carbocycles. The fourth-order valence-corrected chi connectivity index (χ4v) is 4.94. The summed E-state index contributed by atoms with van der Waals surface area (Å²) in [4.78, 5) is 12.9. The van der Waals surface area contributed by atoms with E-state index in [1.807, 2.05) is 6.26 Å². The third-order valence-corrected chi connectivity index (χ3v) is 7.08. The minimum absolute atomic E-state index is 0.00796. The lowest BCUT2D eigenvalue weighted by Gasteiger charge is -2.21. The van der Waals surface area contributed by atoms with Crippen LogP contribution in [0.2, 0.25) is 0 Å². The van der Waals surface area contributed by atoms with Crippen LogP contribution < -0.4 is 29.0 Å². The van der Waals surface area contributed by atoms with Crippen molar-refractivity contribution in [3.8, 4) is 23.0 Å². The van der Waals surface area contributed by atoms with Gasteiger partial charge in [0.25, 0.3) is 0 Å². The van der Waals surface area contributed by atoms with Gasteiger partial charge >= 0.3 is 0 Å². The van der Waals surface area contributed by atoms with Gasteiger partial charge in [0.05, 0.1) is 19.1 Å². The van der Waals surface area contributed by atoms with E-state index in [1.54, 1.807) is 31.4 Å². The first kappa shape index (κ1) is 25.0. The van der Waals surface area contributed by atoms with E-state index in [4.69, 9.17) is 18.9 Å². The number of amides is 1. The van der Waals surface area contributed by atoms with Crippen molar-refractivity contribution in [1.82, 2.24) is 10.0 Å². The molecular weight excluding hydrogens is 468 g/mol. The maximum atomic E-state index is 13.0. The number of ether oxygens (including phenoxy) is 4. The second-order valence-electron chi connectivity index (χ2n) is 7.17. The first-order valence-electron chi connectivity index (χ1n) is 10.3. The molecule has 2 aromatic rings. The fourth-order valence-electron chi connectivity index (χ4n) is 3.23. The Morgan fingerprint density at radius 3 is 2.48 bits per heavy atom. The van der Waals surface area contributed by atoms with Crippen LogP contribution in [0.3, 0.4) is 0 Å². The van der Waals surface area contributed by atoms with Crippen molar-refractivity contribution in [2.75, 3.05) is 39.4 Å². The highest BCUT2D eigenvalue weighted by atomic mass is 32.2. The van der Waals surface area contributed by atoms with Gasteiger partial charge < -0.3 is 24.3 Å². The quantitative estimate of drug-likeness (QED) is 0.487. The topological polar surface area (TPSA) is 112 Å². The van der Waals surface area contributed by atoms with Gasteiger partial charge in [0, 0.05) is 12.6 Å². The molecule has 2 N–H and O–H groups in total. The van der Waals surface area contributed by atoms with Gasteiger partial charge in [0.1, 0.15) is 19.3 Å². The Morgan fingerprint density at radius 1 is 1.06 bits per heavy atom. The second kappa shape index (κ2) is 11.5. The van der Waals surface area contributed by atoms with Crippen LogP contribution in [0, 0.1) is 0 Å². The highest BCUT2D eigenvalue weighted by Crippen LogP contribution is 2.32. The van der Waals surface area contributed by atoms with Crippen LogP contribution in [0.1, 0.15) is 12.0 Å². The molecular formula is C22H28N2O7S2. The van der Waals surface area contributed by atoms with Crippen LogP contribution in [0.25, 0.3) is 0 Å². The van der Waals surface area contributed by atoms with Crippen molar-refractivity contribution in [1.29, 1.82) is 0 Å². The molecule has 180 valence electrons. The first-order valence-corrected chi connectivity index (χ1v) is 13.1. The van der Waals surface area contributed by atoms with Crippen molar-refractivity contribution in [2.45, 2.75) is 23.9 Å². The molecule has 0 saturated carbocycles. The predicted molar refractivity (Wildman–Crippen MR) is 126 cm³/mol. The third-order valence-electron chi connectivity index (χ3n) is 4.96. The van der Waals surface area contributed by atoms with Crippen LogP contribution in [-0.4, -0.2) is 59.8 Å². The zero-order chi connectivity index (χ0) is 23.8. The van der Waals surface area contributed by atoms with Gasteiger partial charge in [-0.3, -0.25) is 4.79 Å². The average Bonchev–Trinajstić information content (AvgIpc) is 2.84. The minimum Gasteiger partial charge on any atom is -0.493 e. The largest absolute Gasteiger partial charge is 0.493 e. The number of sulfonamides is 1. The van der Waals surface area contributed by atoms with Gasteiger partial charge in [-0.05, 0) is 48.3 Å². The van der Waals surface area contributed by atoms with E-state index in [1.165, 1.54) is 31.0 Å². The van der Waals surface area contributed by atoms with Gasteiger partial charge in [-0.1, -0.05) is 6.07 Å². The van der Waals surface area contributed by atoms with Crippen molar-refractivity contribution < 1.29 is 32.2 Å². The summed E-state index contributed by atoms with van der Waals surface area (Å²) in [5.74, 6) is 2.17. The molecule has 11 heteroatoms. The van der Waals surface area contributed by atoms with Gasteiger partial charge in [0.15, 0.2) is 23.0 Å². The molecule has 1 aliphatic heterocycles. The SMILES string of the molecule is COc1ccc(CNC(=O)C(CCSC)NS(=O)(=O)c2ccc3c(c2)OCCO3)cc1OC. The summed E-state index contributed by atoms with van der Waals surface area (Å²) in [6.45, 7) is 0.966. The number of nitrogens with one attached hydrogen (secondary N) is 2. The molecule has 1 amide bonds. The summed E-state index contributed by atoms with van der Waals surface area (Å²) in [6, 6.07) is 8.77. The maximum Gasteiger partial charge on any atom is 0.241 e. The first-order chi connectivity index (χ1) is 15.9. The molecule has 33 heavy (non-hydrogen) atoms. The number of carbonyl (C=O) groups is 1. The molecule has 0 fully saturated rings. The van der Waals surface area contributed by atoms with Gasteiger partial charge in [0.2, 0.25) is 15.9 Å². The predicted octanol–water partition coefficient (Wildman–Crippen LogP) is 2.19. The normalized spacial score (nSPS) is 13.8. The monoisotopic (exact) mass is 496 g/mol. The van der Waals surface area contributed by atoms with E-state index in [9.17, 15) is 13.2 Å². The van der Waals surface area contributed by atoms with Crippen molar-refractivity contribution >= 4 is 27.7 Å². The summed E-state index contributed by atoms with van der Waals surface area (Å²) < 4.78 is 50.0. The Hall–Kier alpha value is -2.63. The molecule has 0 aliphatic carbocycles. The Balaban J connectivity index is 1.71. The molecule has 9 nitrogen and oxygen atoms in total. The summed E-state index contributed by atoms with van der Waals surface area (Å²) in [5.41, 5.74) is 0.791. The number of benzene rings is 2. The van der Waals surface area contributed by atoms with E-state index in [-0.39, 0.29) is 11.4 Å². The smallest absolute Gasteiger partial charge is 0.241 e. The van der Waals surface area contributed by atoms with Crippen molar-refractivity contribution in [3.05, 3.63) is 42.0 Å². The van der Waals surface area contributed by atoms with E-state index < -0.39 is 22.0 Å². The van der Waals surface area contributed by atoms with Gasteiger partial charge in [-0.25, -0.2) is 8.42 Å². The lowest BCUT2D eigenvalue weighted by molar-refractivity contribution is -0.122. The Morgan fingerprint density at radius 2 is 1.79 bits per heavy atom. The standard InChI is InChI=1S/C22H28N2O7S2/c1-28-18-6-4-15(12-20(18)29-2)14-23-22(25)17(8-11-32-3)24-33(26,27)16-5-7-19-21(13-16)31-10-9-30-19/h4-7,12-13,17,24H,8-11,14H2,1-3H3,(H,23,25). The number of fused-ring (bicyclic) bond motifs is 1. The number of rotatable bonds is 11. The molecule has 0 radical (unpaired) electrons. The minimum atomic E-state index is -3.96. The van der Waals surface area contributed by atoms with Gasteiger partial charge in [-0.2, -0.15) is 16.5 Å². The molecule has 1 unspecified atom stereocenters. The van der Waals surface area contributed by atoms with Crippen LogP contribution in [0.4, 0.5) is 0 Å². The Labute approximate surface area is 198 Å². The lowest BCUT2D eigenvalue weighted by atomic mass is 10.2. The maximum absolute atomic E-state index is 13.0. The molecule has 0 saturated heterocycles. The Kier molecular flexibility index (Phi) is 8.70. The van der Waals surface area contributed by atoms with Crippen LogP contribution in [0.5, 0.6) is 23.0 Å². The zero-order valence-electron chi connectivity index (χ0n) is 18.8. The summed E-state index contributed by atoms with van der Waals surface area (Å²) >= 11 is 1.53. The lowest BCUT2D eigenvalue weighted by Crippen LogP contribution is -2.46. The molecule has 3 rings (SSSR count). The van der Waals surface area contributed by atoms with Crippen LogP contribution >= 0.6 is 11.8 Å². The molecule has 0 aromatic heterocycles. The highest BCUT2D eigenvalue weighted by molar-refractivity contribution is 7.98. The van der Waals surface area contributed by atoms with E-state index in [2.05, 4.69) is 10.0 Å². The van der Waals surface area contributed by atoms with Crippen molar-refractivity contribution in [3.63, 3.8) is 0 Å². The second-order valence-corrected chi connectivity index (χ2v) is 9.87. The van der Waals surface area contributed by atoms with E-state index >= 15 is 0 Å². The highest BCUT2D eigenvalue weighted by Gasteiger charge is 2.27. The summed E-state index contributed by atoms with van der Waals surface area (Å²) in [6.07, 6.45) is 2.23. The van der Waals surface area contributed by atoms with E-state index in [0.29, 0.717) is 48.4 Å². The van der Waals surface area contributed by atoms with E-state index in [0.717, 1.165) is 5.56 Å². The van der Waals surface area contributed by atoms with Gasteiger partial charge in [-0.15, -0.1) is 0 Å². The number of hydrogen-bond acceptors (Lipinski definition) is 8. The molecule has 1 heterocycles. The third kappa shape index (κ3) is 6.46. The molecule has 0 spiro atoms. The van der Waals surface area contributed by atoms with Crippen molar-refractivity contribution in [2.24, 2.45) is 0 Å². The summed E-state index contributed by atoms with van der Waals surface area (Å²) in [5, 5.41) is 2.80. The number of thioether (sulfide) groups is 1. The summed E-state index contributed by atoms with van der Waals surface area (Å²) in [7, 11) is -0.885. The molecule has 1 aliphatic rings. The number of methoxy groups -OCH3 is 2. The zero-order valence-corrected chi connectivity index (χ0v) is 20.4. The number of carbonyl (C=O) groups excluding carboxylic acids is 1.